The van der Waals surface area contributed by atoms with Gasteiger partial charge >= 0.3 is 0 Å². The third-order valence-electron chi connectivity index (χ3n) is 3.83. The second-order valence-electron chi connectivity index (χ2n) is 5.89. The van der Waals surface area contributed by atoms with E-state index < -0.39 is 0 Å². The van der Waals surface area contributed by atoms with E-state index in [-0.39, 0.29) is 5.91 Å². The molecule has 3 rings (SSSR count). The maximum absolute atomic E-state index is 12.3. The van der Waals surface area contributed by atoms with Gasteiger partial charge in [-0.3, -0.25) is 4.79 Å². The molecule has 1 aliphatic heterocycles. The van der Waals surface area contributed by atoms with Crippen LogP contribution in [0.15, 0.2) is 38.6 Å². The fraction of sp³-hybridized carbons (Fsp3) is 0.158. The first kappa shape index (κ1) is 21.1. The Morgan fingerprint density at radius 2 is 1.74 bits per heavy atom. The average molecular weight is 669 g/mol. The fourth-order valence-electron chi connectivity index (χ4n) is 2.59. The van der Waals surface area contributed by atoms with Gasteiger partial charge in [0.1, 0.15) is 5.75 Å². The summed E-state index contributed by atoms with van der Waals surface area (Å²) in [6, 6.07) is 7.98. The third kappa shape index (κ3) is 4.88. The Morgan fingerprint density at radius 3 is 2.30 bits per heavy atom. The lowest BCUT2D eigenvalue weighted by Crippen LogP contribution is -2.19. The molecule has 2 aromatic carbocycles. The molecule has 0 saturated carbocycles. The van der Waals surface area contributed by atoms with Crippen LogP contribution in [0.3, 0.4) is 0 Å². The van der Waals surface area contributed by atoms with Crippen LogP contribution >= 0.6 is 72.9 Å². The monoisotopic (exact) mass is 668 g/mol. The van der Waals surface area contributed by atoms with Gasteiger partial charge in [0.2, 0.25) is 0 Å². The molecule has 1 heterocycles. The van der Waals surface area contributed by atoms with Crippen molar-refractivity contribution in [1.82, 2.24) is 5.32 Å². The first-order valence-electron chi connectivity index (χ1n) is 7.88. The Morgan fingerprint density at radius 1 is 1.15 bits per heavy atom. The number of hydrogen-bond acceptors (Lipinski definition) is 4. The zero-order valence-electron chi connectivity index (χ0n) is 14.7. The van der Waals surface area contributed by atoms with Crippen LogP contribution < -0.4 is 10.1 Å². The lowest BCUT2D eigenvalue weighted by molar-refractivity contribution is -0.115. The Balaban J connectivity index is 1.89. The van der Waals surface area contributed by atoms with E-state index in [0.717, 1.165) is 39.7 Å². The van der Waals surface area contributed by atoms with Crippen molar-refractivity contribution < 1.29 is 9.53 Å². The van der Waals surface area contributed by atoms with Gasteiger partial charge in [0.25, 0.3) is 5.91 Å². The Hall–Kier alpha value is -0.590. The molecule has 0 aliphatic carbocycles. The molecule has 1 amide bonds. The maximum Gasteiger partial charge on any atom is 0.264 e. The van der Waals surface area contributed by atoms with E-state index in [1.54, 1.807) is 7.11 Å². The number of aliphatic imine (C=N–C) groups is 1. The molecule has 0 atom stereocenters. The first-order valence-corrected chi connectivity index (χ1v) is 11.6. The van der Waals surface area contributed by atoms with Crippen LogP contribution in [-0.4, -0.2) is 18.2 Å². The van der Waals surface area contributed by atoms with Gasteiger partial charge in [0.15, 0.2) is 5.17 Å². The van der Waals surface area contributed by atoms with E-state index in [1.165, 1.54) is 11.8 Å². The van der Waals surface area contributed by atoms with Crippen molar-refractivity contribution in [1.29, 1.82) is 0 Å². The summed E-state index contributed by atoms with van der Waals surface area (Å²) in [5.74, 6) is 0.718. The van der Waals surface area contributed by atoms with Crippen molar-refractivity contribution in [3.8, 4) is 5.75 Å². The predicted octanol–water partition coefficient (Wildman–Crippen LogP) is 6.18. The van der Waals surface area contributed by atoms with E-state index >= 15 is 0 Å². The highest BCUT2D eigenvalue weighted by Crippen LogP contribution is 2.33. The highest BCUT2D eigenvalue weighted by atomic mass is 127. The van der Waals surface area contributed by atoms with Gasteiger partial charge in [-0.1, -0.05) is 15.9 Å². The summed E-state index contributed by atoms with van der Waals surface area (Å²) < 4.78 is 8.49. The summed E-state index contributed by atoms with van der Waals surface area (Å²) in [5.41, 5.74) is 4.01. The van der Waals surface area contributed by atoms with Crippen molar-refractivity contribution in [2.24, 2.45) is 4.99 Å². The number of amidine groups is 1. The second kappa shape index (κ2) is 8.83. The summed E-state index contributed by atoms with van der Waals surface area (Å²) >= 11 is 9.38. The second-order valence-corrected chi connectivity index (χ2v) is 10.0. The highest BCUT2D eigenvalue weighted by molar-refractivity contribution is 14.1. The summed E-state index contributed by atoms with van der Waals surface area (Å²) in [6.45, 7) is 4.05. The largest absolute Gasteiger partial charge is 0.495 e. The number of carbonyl (C=O) groups is 1. The Bertz CT molecular complexity index is 959. The number of ether oxygens (including phenoxy) is 1. The van der Waals surface area contributed by atoms with E-state index in [1.807, 2.05) is 44.2 Å². The number of thioether (sulfide) groups is 1. The fourth-order valence-corrected chi connectivity index (χ4v) is 5.92. The van der Waals surface area contributed by atoms with E-state index in [9.17, 15) is 4.79 Å². The molecule has 1 fully saturated rings. The molecule has 1 N–H and O–H groups in total. The van der Waals surface area contributed by atoms with Crippen molar-refractivity contribution in [3.05, 3.63) is 57.5 Å². The van der Waals surface area contributed by atoms with E-state index in [0.29, 0.717) is 10.1 Å². The van der Waals surface area contributed by atoms with Crippen LogP contribution in [0.2, 0.25) is 0 Å². The minimum atomic E-state index is -0.134. The van der Waals surface area contributed by atoms with Gasteiger partial charge in [-0.05, 0) is 118 Å². The molecule has 2 aromatic rings. The molecule has 0 radical (unpaired) electrons. The van der Waals surface area contributed by atoms with Crippen LogP contribution in [0.1, 0.15) is 16.7 Å². The number of hydrogen-bond donors (Lipinski definition) is 1. The standard InChI is InChI=1S/C19H15BrI2N2O2S/c1-9-4-12(5-10(2)16(9)20)23-19-24-18(25)15(27-19)8-11-6-13(21)17(26-3)14(22)7-11/h4-8H,1-3H3,(H,23,24,25)/b15-8-. The number of methoxy groups -OCH3 is 1. The summed E-state index contributed by atoms with van der Waals surface area (Å²) in [5, 5.41) is 3.43. The van der Waals surface area contributed by atoms with Gasteiger partial charge in [-0.15, -0.1) is 0 Å². The quantitative estimate of drug-likeness (QED) is 0.314. The molecule has 0 unspecified atom stereocenters. The summed E-state index contributed by atoms with van der Waals surface area (Å²) in [6.07, 6.45) is 1.88. The number of amides is 1. The molecule has 1 saturated heterocycles. The van der Waals surface area contributed by atoms with Crippen LogP contribution in [0.4, 0.5) is 5.69 Å². The molecule has 0 aromatic heterocycles. The number of rotatable bonds is 3. The smallest absolute Gasteiger partial charge is 0.264 e. The number of halogens is 3. The SMILES string of the molecule is COc1c(I)cc(/C=C2\SC(=Nc3cc(C)c(Br)c(C)c3)NC2=O)cc1I. The molecular formula is C19H15BrI2N2O2S. The molecule has 140 valence electrons. The Labute approximate surface area is 198 Å². The number of nitrogens with one attached hydrogen (secondary N) is 1. The molecule has 8 heteroatoms. The summed E-state index contributed by atoms with van der Waals surface area (Å²) in [7, 11) is 1.66. The Kier molecular flexibility index (Phi) is 6.91. The van der Waals surface area contributed by atoms with Gasteiger partial charge in [-0.2, -0.15) is 0 Å². The van der Waals surface area contributed by atoms with Gasteiger partial charge in [0.05, 0.1) is 24.8 Å². The predicted molar refractivity (Wildman–Crippen MR) is 133 cm³/mol. The van der Waals surface area contributed by atoms with Crippen LogP contribution in [0.25, 0.3) is 6.08 Å². The van der Waals surface area contributed by atoms with Gasteiger partial charge in [0, 0.05) is 4.47 Å². The van der Waals surface area contributed by atoms with Crippen molar-refractivity contribution in [3.63, 3.8) is 0 Å². The zero-order valence-corrected chi connectivity index (χ0v) is 21.4. The number of aryl methyl sites for hydroxylation is 2. The lowest BCUT2D eigenvalue weighted by Gasteiger charge is -2.07. The van der Waals surface area contributed by atoms with Crippen molar-refractivity contribution >= 4 is 95.7 Å². The highest BCUT2D eigenvalue weighted by Gasteiger charge is 2.24. The minimum absolute atomic E-state index is 0.134. The summed E-state index contributed by atoms with van der Waals surface area (Å²) in [4.78, 5) is 17.6. The van der Waals surface area contributed by atoms with Crippen LogP contribution in [-0.2, 0) is 4.79 Å². The number of carbonyl (C=O) groups excluding carboxylic acids is 1. The van der Waals surface area contributed by atoms with E-state index in [2.05, 4.69) is 71.4 Å². The van der Waals surface area contributed by atoms with Crippen molar-refractivity contribution in [2.45, 2.75) is 13.8 Å². The van der Waals surface area contributed by atoms with Crippen molar-refractivity contribution in [2.75, 3.05) is 7.11 Å². The lowest BCUT2D eigenvalue weighted by atomic mass is 10.1. The van der Waals surface area contributed by atoms with E-state index in [4.69, 9.17) is 4.74 Å². The first-order chi connectivity index (χ1) is 12.8. The average Bonchev–Trinajstić information content (AvgIpc) is 2.91. The molecule has 0 spiro atoms. The van der Waals surface area contributed by atoms with Gasteiger partial charge < -0.3 is 10.1 Å². The molecule has 4 nitrogen and oxygen atoms in total. The minimum Gasteiger partial charge on any atom is -0.495 e. The van der Waals surface area contributed by atoms with Crippen LogP contribution in [0, 0.1) is 21.0 Å². The third-order valence-corrected chi connectivity index (χ3v) is 7.59. The molecule has 1 aliphatic rings. The molecule has 0 bridgehead atoms. The van der Waals surface area contributed by atoms with Gasteiger partial charge in [-0.25, -0.2) is 4.99 Å². The number of nitrogens with zero attached hydrogens (tertiary/aromatic N) is 1. The number of benzene rings is 2. The maximum atomic E-state index is 12.3. The zero-order chi connectivity index (χ0) is 19.7. The molecular weight excluding hydrogens is 654 g/mol. The topological polar surface area (TPSA) is 50.7 Å². The molecule has 27 heavy (non-hydrogen) atoms. The van der Waals surface area contributed by atoms with Crippen LogP contribution in [0.5, 0.6) is 5.75 Å². The normalized spacial score (nSPS) is 16.9.